The van der Waals surface area contributed by atoms with Crippen LogP contribution < -0.4 is 5.73 Å². The van der Waals surface area contributed by atoms with Gasteiger partial charge in [-0.25, -0.2) is 13.2 Å². The Kier molecular flexibility index (Phi) is 3.40. The van der Waals surface area contributed by atoms with Crippen molar-refractivity contribution in [3.63, 3.8) is 0 Å². The second-order valence-corrected chi connectivity index (χ2v) is 4.32. The van der Waals surface area contributed by atoms with Crippen molar-refractivity contribution in [1.82, 2.24) is 0 Å². The molecule has 3 unspecified atom stereocenters. The Bertz CT molecular complexity index is 424. The zero-order valence-corrected chi connectivity index (χ0v) is 9.42. The third-order valence-corrected chi connectivity index (χ3v) is 3.32. The summed E-state index contributed by atoms with van der Waals surface area (Å²) in [5.74, 6) is -3.94. The molecule has 1 aliphatic rings. The normalized spacial score (nSPS) is 26.2. The summed E-state index contributed by atoms with van der Waals surface area (Å²) in [6.07, 6.45) is 0.596. The van der Waals surface area contributed by atoms with E-state index in [1.165, 1.54) is 6.07 Å². The monoisotopic (exact) mass is 245 g/mol. The van der Waals surface area contributed by atoms with Gasteiger partial charge in [0.05, 0.1) is 6.10 Å². The van der Waals surface area contributed by atoms with Crippen molar-refractivity contribution in [2.75, 3.05) is 6.61 Å². The SMILES string of the molecule is CC1OCCC1C(N)c1ccc(F)c(F)c1F. The molecule has 1 saturated heterocycles. The number of hydrogen-bond donors (Lipinski definition) is 1. The predicted molar refractivity (Wildman–Crippen MR) is 56.8 cm³/mol. The first-order valence-electron chi connectivity index (χ1n) is 5.53. The highest BCUT2D eigenvalue weighted by Crippen LogP contribution is 2.33. The Hall–Kier alpha value is -1.07. The molecule has 2 rings (SSSR count). The lowest BCUT2D eigenvalue weighted by atomic mass is 9.88. The molecule has 0 spiro atoms. The maximum absolute atomic E-state index is 13.6. The van der Waals surface area contributed by atoms with Crippen molar-refractivity contribution in [1.29, 1.82) is 0 Å². The van der Waals surface area contributed by atoms with E-state index in [-0.39, 0.29) is 17.6 Å². The van der Waals surface area contributed by atoms with Gasteiger partial charge in [0.1, 0.15) is 0 Å². The van der Waals surface area contributed by atoms with E-state index >= 15 is 0 Å². The fourth-order valence-corrected chi connectivity index (χ4v) is 2.25. The minimum Gasteiger partial charge on any atom is -0.378 e. The first kappa shape index (κ1) is 12.4. The number of ether oxygens (including phenoxy) is 1. The highest BCUT2D eigenvalue weighted by molar-refractivity contribution is 5.24. The first-order valence-corrected chi connectivity index (χ1v) is 5.53. The molecule has 0 saturated carbocycles. The molecule has 1 aliphatic heterocycles. The maximum Gasteiger partial charge on any atom is 0.194 e. The van der Waals surface area contributed by atoms with Crippen LogP contribution in [0.4, 0.5) is 13.2 Å². The van der Waals surface area contributed by atoms with Crippen LogP contribution in [-0.2, 0) is 4.74 Å². The minimum atomic E-state index is -1.47. The predicted octanol–water partition coefficient (Wildman–Crippen LogP) is 2.53. The summed E-state index contributed by atoms with van der Waals surface area (Å²) >= 11 is 0. The second kappa shape index (κ2) is 4.66. The Morgan fingerprint density at radius 1 is 1.29 bits per heavy atom. The lowest BCUT2D eigenvalue weighted by molar-refractivity contribution is 0.0991. The summed E-state index contributed by atoms with van der Waals surface area (Å²) in [6.45, 7) is 2.40. The van der Waals surface area contributed by atoms with Crippen LogP contribution in [-0.4, -0.2) is 12.7 Å². The standard InChI is InChI=1S/C12H14F3NO/c1-6-7(4-5-17-6)12(16)8-2-3-9(13)11(15)10(8)14/h2-3,6-7,12H,4-5,16H2,1H3. The third-order valence-electron chi connectivity index (χ3n) is 3.32. The number of rotatable bonds is 2. The van der Waals surface area contributed by atoms with Gasteiger partial charge in [-0.2, -0.15) is 0 Å². The molecule has 1 aromatic rings. The van der Waals surface area contributed by atoms with E-state index in [1.54, 1.807) is 0 Å². The van der Waals surface area contributed by atoms with Gasteiger partial charge in [-0.05, 0) is 19.4 Å². The molecule has 0 bridgehead atoms. The average Bonchev–Trinajstić information content (AvgIpc) is 2.72. The molecule has 94 valence electrons. The van der Waals surface area contributed by atoms with Gasteiger partial charge in [-0.15, -0.1) is 0 Å². The van der Waals surface area contributed by atoms with Gasteiger partial charge in [0.25, 0.3) is 0 Å². The van der Waals surface area contributed by atoms with Crippen molar-refractivity contribution in [2.24, 2.45) is 11.7 Å². The summed E-state index contributed by atoms with van der Waals surface area (Å²) < 4.78 is 44.8. The van der Waals surface area contributed by atoms with Crippen LogP contribution >= 0.6 is 0 Å². The molecule has 17 heavy (non-hydrogen) atoms. The first-order chi connectivity index (χ1) is 8.02. The van der Waals surface area contributed by atoms with E-state index in [4.69, 9.17) is 10.5 Å². The summed E-state index contributed by atoms with van der Waals surface area (Å²) in [4.78, 5) is 0. The van der Waals surface area contributed by atoms with E-state index in [9.17, 15) is 13.2 Å². The number of halogens is 3. The Morgan fingerprint density at radius 2 is 2.00 bits per heavy atom. The number of nitrogens with two attached hydrogens (primary N) is 1. The third kappa shape index (κ3) is 2.17. The van der Waals surface area contributed by atoms with Gasteiger partial charge in [-0.3, -0.25) is 0 Å². The molecule has 5 heteroatoms. The van der Waals surface area contributed by atoms with Crippen LogP contribution in [0, 0.1) is 23.4 Å². The quantitative estimate of drug-likeness (QED) is 0.812. The lowest BCUT2D eigenvalue weighted by Crippen LogP contribution is -2.27. The molecule has 0 radical (unpaired) electrons. The molecule has 2 N–H and O–H groups in total. The molecule has 1 aromatic carbocycles. The van der Waals surface area contributed by atoms with Crippen LogP contribution in [0.3, 0.4) is 0 Å². The molecule has 0 aromatic heterocycles. The van der Waals surface area contributed by atoms with E-state index in [0.29, 0.717) is 13.0 Å². The summed E-state index contributed by atoms with van der Waals surface area (Å²) in [5.41, 5.74) is 5.91. The van der Waals surface area contributed by atoms with Gasteiger partial charge < -0.3 is 10.5 Å². The molecule has 0 aliphatic carbocycles. The molecule has 0 amide bonds. The number of hydrogen-bond acceptors (Lipinski definition) is 2. The van der Waals surface area contributed by atoms with Crippen LogP contribution in [0.15, 0.2) is 12.1 Å². The molecular weight excluding hydrogens is 231 g/mol. The highest BCUT2D eigenvalue weighted by Gasteiger charge is 2.32. The largest absolute Gasteiger partial charge is 0.378 e. The highest BCUT2D eigenvalue weighted by atomic mass is 19.2. The molecule has 1 fully saturated rings. The maximum atomic E-state index is 13.6. The molecular formula is C12H14F3NO. The van der Waals surface area contributed by atoms with E-state index in [2.05, 4.69) is 0 Å². The van der Waals surface area contributed by atoms with Crippen molar-refractivity contribution in [2.45, 2.75) is 25.5 Å². The second-order valence-electron chi connectivity index (χ2n) is 4.32. The van der Waals surface area contributed by atoms with Crippen molar-refractivity contribution in [3.05, 3.63) is 35.1 Å². The Balaban J connectivity index is 2.31. The summed E-state index contributed by atoms with van der Waals surface area (Å²) in [6, 6.07) is 1.42. The fraction of sp³-hybridized carbons (Fsp3) is 0.500. The smallest absolute Gasteiger partial charge is 0.194 e. The topological polar surface area (TPSA) is 35.2 Å². The molecule has 1 heterocycles. The molecule has 3 atom stereocenters. The molecule has 2 nitrogen and oxygen atoms in total. The van der Waals surface area contributed by atoms with Crippen LogP contribution in [0.25, 0.3) is 0 Å². The van der Waals surface area contributed by atoms with Gasteiger partial charge in [0.2, 0.25) is 0 Å². The van der Waals surface area contributed by atoms with Gasteiger partial charge >= 0.3 is 0 Å². The number of benzene rings is 1. The zero-order chi connectivity index (χ0) is 12.6. The van der Waals surface area contributed by atoms with Crippen LogP contribution in [0.2, 0.25) is 0 Å². The van der Waals surface area contributed by atoms with Crippen molar-refractivity contribution >= 4 is 0 Å². The Labute approximate surface area is 97.6 Å². The van der Waals surface area contributed by atoms with Gasteiger partial charge in [0.15, 0.2) is 17.5 Å². The average molecular weight is 245 g/mol. The van der Waals surface area contributed by atoms with Crippen molar-refractivity contribution < 1.29 is 17.9 Å². The van der Waals surface area contributed by atoms with E-state index in [0.717, 1.165) is 6.07 Å². The minimum absolute atomic E-state index is 0.00579. The van der Waals surface area contributed by atoms with Gasteiger partial charge in [0, 0.05) is 24.1 Å². The Morgan fingerprint density at radius 3 is 2.59 bits per heavy atom. The van der Waals surface area contributed by atoms with Crippen LogP contribution in [0.1, 0.15) is 24.9 Å². The van der Waals surface area contributed by atoms with E-state index < -0.39 is 23.5 Å². The lowest BCUT2D eigenvalue weighted by Gasteiger charge is -2.22. The zero-order valence-electron chi connectivity index (χ0n) is 9.42. The fourth-order valence-electron chi connectivity index (χ4n) is 2.25. The summed E-state index contributed by atoms with van der Waals surface area (Å²) in [5, 5.41) is 0. The van der Waals surface area contributed by atoms with Crippen molar-refractivity contribution in [3.8, 4) is 0 Å². The van der Waals surface area contributed by atoms with Gasteiger partial charge in [-0.1, -0.05) is 6.07 Å². The summed E-state index contributed by atoms with van der Waals surface area (Å²) in [7, 11) is 0. The van der Waals surface area contributed by atoms with Crippen LogP contribution in [0.5, 0.6) is 0 Å². The van der Waals surface area contributed by atoms with E-state index in [1.807, 2.05) is 6.92 Å².